The van der Waals surface area contributed by atoms with Crippen LogP contribution in [0.25, 0.3) is 0 Å². The second-order valence-corrected chi connectivity index (χ2v) is 6.84. The topological polar surface area (TPSA) is 76.7 Å². The Bertz CT molecular complexity index is 865. The predicted molar refractivity (Wildman–Crippen MR) is 100 cm³/mol. The number of aryl methyl sites for hydroxylation is 1. The molecule has 1 aliphatic carbocycles. The molecule has 1 heterocycles. The predicted octanol–water partition coefficient (Wildman–Crippen LogP) is 2.38. The summed E-state index contributed by atoms with van der Waals surface area (Å²) in [6, 6.07) is 13.4. The zero-order valence-electron chi connectivity index (χ0n) is 15.0. The fraction of sp³-hybridized carbons (Fsp3) is 0.333. The summed E-state index contributed by atoms with van der Waals surface area (Å²) in [4.78, 5) is 24.4. The van der Waals surface area contributed by atoms with Gasteiger partial charge >= 0.3 is 0 Å². The molecule has 2 aromatic rings. The number of rotatable bonds is 5. The number of hydrogen-bond acceptors (Lipinski definition) is 4. The monoisotopic (exact) mass is 366 g/mol. The quantitative estimate of drug-likeness (QED) is 0.852. The highest BCUT2D eigenvalue weighted by molar-refractivity contribution is 5.97. The number of fused-ring (bicyclic) bond motifs is 2. The molecule has 0 saturated heterocycles. The lowest BCUT2D eigenvalue weighted by Gasteiger charge is -2.25. The zero-order valence-corrected chi connectivity index (χ0v) is 15.0. The van der Waals surface area contributed by atoms with Gasteiger partial charge in [0.15, 0.2) is 11.5 Å². The Morgan fingerprint density at radius 2 is 1.89 bits per heavy atom. The number of carbonyl (C=O) groups excluding carboxylic acids is 2. The van der Waals surface area contributed by atoms with Crippen LogP contribution >= 0.6 is 0 Å². The molecule has 0 spiro atoms. The molecule has 6 nitrogen and oxygen atoms in total. The summed E-state index contributed by atoms with van der Waals surface area (Å²) in [6.07, 6.45) is 3.31. The fourth-order valence-electron chi connectivity index (χ4n) is 3.67. The number of carbonyl (C=O) groups is 2. The van der Waals surface area contributed by atoms with Crippen molar-refractivity contribution in [1.29, 1.82) is 0 Å². The molecule has 4 rings (SSSR count). The molecule has 2 aliphatic rings. The van der Waals surface area contributed by atoms with Gasteiger partial charge in [0, 0.05) is 18.0 Å². The van der Waals surface area contributed by atoms with E-state index in [1.54, 1.807) is 18.2 Å². The molecule has 1 unspecified atom stereocenters. The molecule has 2 aromatic carbocycles. The van der Waals surface area contributed by atoms with Crippen LogP contribution < -0.4 is 20.1 Å². The Hall–Kier alpha value is -3.02. The first-order valence-electron chi connectivity index (χ1n) is 9.23. The lowest BCUT2D eigenvalue weighted by Crippen LogP contribution is -2.38. The zero-order chi connectivity index (χ0) is 18.6. The average molecular weight is 366 g/mol. The molecule has 1 atom stereocenters. The van der Waals surface area contributed by atoms with Gasteiger partial charge in [-0.05, 0) is 48.6 Å². The van der Waals surface area contributed by atoms with Crippen LogP contribution in [0.5, 0.6) is 11.5 Å². The van der Waals surface area contributed by atoms with Crippen molar-refractivity contribution in [3.63, 3.8) is 0 Å². The van der Waals surface area contributed by atoms with Crippen molar-refractivity contribution in [2.45, 2.75) is 25.2 Å². The number of hydrogen-bond donors (Lipinski definition) is 2. The molecule has 0 saturated carbocycles. The van der Waals surface area contributed by atoms with E-state index in [1.807, 2.05) is 6.07 Å². The van der Waals surface area contributed by atoms with Crippen LogP contribution in [-0.2, 0) is 11.2 Å². The second-order valence-electron chi connectivity index (χ2n) is 6.84. The lowest BCUT2D eigenvalue weighted by molar-refractivity contribution is -0.120. The van der Waals surface area contributed by atoms with Crippen molar-refractivity contribution in [3.8, 4) is 11.5 Å². The molecule has 6 heteroatoms. The van der Waals surface area contributed by atoms with Gasteiger partial charge < -0.3 is 20.1 Å². The smallest absolute Gasteiger partial charge is 0.251 e. The molecule has 1 aliphatic heterocycles. The largest absolute Gasteiger partial charge is 0.454 e. The van der Waals surface area contributed by atoms with Gasteiger partial charge in [0.2, 0.25) is 12.7 Å². The lowest BCUT2D eigenvalue weighted by atomic mass is 9.83. The van der Waals surface area contributed by atoms with E-state index in [-0.39, 0.29) is 25.2 Å². The van der Waals surface area contributed by atoms with Crippen molar-refractivity contribution < 1.29 is 19.1 Å². The summed E-state index contributed by atoms with van der Waals surface area (Å²) in [5.41, 5.74) is 3.14. The minimum atomic E-state index is -0.313. The number of ether oxygens (including phenoxy) is 2. The first kappa shape index (κ1) is 17.4. The van der Waals surface area contributed by atoms with Gasteiger partial charge in [-0.2, -0.15) is 0 Å². The van der Waals surface area contributed by atoms with Crippen LogP contribution in [-0.4, -0.2) is 31.7 Å². The number of amides is 2. The van der Waals surface area contributed by atoms with Crippen LogP contribution in [0.2, 0.25) is 0 Å². The van der Waals surface area contributed by atoms with Crippen LogP contribution in [0.4, 0.5) is 0 Å². The Morgan fingerprint density at radius 3 is 2.81 bits per heavy atom. The molecule has 2 amide bonds. The highest BCUT2D eigenvalue weighted by Crippen LogP contribution is 2.32. The van der Waals surface area contributed by atoms with Crippen LogP contribution in [0, 0.1) is 0 Å². The Morgan fingerprint density at radius 1 is 1.04 bits per heavy atom. The van der Waals surface area contributed by atoms with Gasteiger partial charge in [-0.3, -0.25) is 9.59 Å². The molecule has 27 heavy (non-hydrogen) atoms. The highest BCUT2D eigenvalue weighted by atomic mass is 16.7. The molecule has 140 valence electrons. The van der Waals surface area contributed by atoms with Crippen LogP contribution in [0.1, 0.15) is 40.2 Å². The van der Waals surface area contributed by atoms with Crippen molar-refractivity contribution in [2.24, 2.45) is 0 Å². The minimum Gasteiger partial charge on any atom is -0.454 e. The van der Waals surface area contributed by atoms with Gasteiger partial charge in [0.25, 0.3) is 5.91 Å². The van der Waals surface area contributed by atoms with Crippen molar-refractivity contribution in [3.05, 3.63) is 59.2 Å². The first-order chi connectivity index (χ1) is 13.2. The summed E-state index contributed by atoms with van der Waals surface area (Å²) in [5, 5.41) is 5.59. The van der Waals surface area contributed by atoms with Gasteiger partial charge in [0.1, 0.15) is 0 Å². The maximum Gasteiger partial charge on any atom is 0.251 e. The third-order valence-electron chi connectivity index (χ3n) is 5.08. The summed E-state index contributed by atoms with van der Waals surface area (Å²) in [7, 11) is 0. The van der Waals surface area contributed by atoms with E-state index in [1.165, 1.54) is 11.1 Å². The van der Waals surface area contributed by atoms with Gasteiger partial charge in [-0.25, -0.2) is 0 Å². The van der Waals surface area contributed by atoms with E-state index < -0.39 is 0 Å². The van der Waals surface area contributed by atoms with E-state index in [9.17, 15) is 9.59 Å². The van der Waals surface area contributed by atoms with Gasteiger partial charge in [-0.15, -0.1) is 0 Å². The Kier molecular flexibility index (Phi) is 4.96. The van der Waals surface area contributed by atoms with E-state index >= 15 is 0 Å². The van der Waals surface area contributed by atoms with Crippen molar-refractivity contribution in [1.82, 2.24) is 10.6 Å². The number of nitrogens with one attached hydrogen (secondary N) is 2. The van der Waals surface area contributed by atoms with E-state index in [4.69, 9.17) is 9.47 Å². The molecule has 0 aromatic heterocycles. The summed E-state index contributed by atoms with van der Waals surface area (Å²) < 4.78 is 10.5. The summed E-state index contributed by atoms with van der Waals surface area (Å²) in [6.45, 7) is 0.699. The first-order valence-corrected chi connectivity index (χ1v) is 9.23. The summed E-state index contributed by atoms with van der Waals surface area (Å²) >= 11 is 0. The Labute approximate surface area is 157 Å². The average Bonchev–Trinajstić information content (AvgIpc) is 3.18. The molecule has 0 radical (unpaired) electrons. The third kappa shape index (κ3) is 3.89. The standard InChI is InChI=1S/C21H22N2O4/c24-20(22-11-16-6-3-5-14-4-1-2-7-17(14)16)12-23-21(25)15-8-9-18-19(10-15)27-13-26-18/h1-2,4,7-10,16H,3,5-6,11-13H2,(H,22,24)(H,23,25). The number of benzene rings is 2. The van der Waals surface area contributed by atoms with E-state index in [0.29, 0.717) is 29.5 Å². The fourth-order valence-corrected chi connectivity index (χ4v) is 3.67. The van der Waals surface area contributed by atoms with Gasteiger partial charge in [0.05, 0.1) is 6.54 Å². The maximum absolute atomic E-state index is 12.2. The Balaban J connectivity index is 1.27. The van der Waals surface area contributed by atoms with Crippen molar-refractivity contribution >= 4 is 11.8 Å². The van der Waals surface area contributed by atoms with Crippen LogP contribution in [0.15, 0.2) is 42.5 Å². The molecular formula is C21H22N2O4. The SMILES string of the molecule is O=C(CNC(=O)c1ccc2c(c1)OCO2)NCC1CCCc2ccccc21. The van der Waals surface area contributed by atoms with Gasteiger partial charge in [-0.1, -0.05) is 24.3 Å². The minimum absolute atomic E-state index is 0.0539. The molecule has 0 bridgehead atoms. The van der Waals surface area contributed by atoms with Crippen LogP contribution in [0.3, 0.4) is 0 Å². The molecule has 2 N–H and O–H groups in total. The van der Waals surface area contributed by atoms with E-state index in [0.717, 1.165) is 19.3 Å². The molecular weight excluding hydrogens is 344 g/mol. The normalized spacial score (nSPS) is 17.1. The van der Waals surface area contributed by atoms with E-state index in [2.05, 4.69) is 28.8 Å². The molecule has 0 fully saturated rings. The summed E-state index contributed by atoms with van der Waals surface area (Å²) in [5.74, 6) is 1.00. The maximum atomic E-state index is 12.2. The third-order valence-corrected chi connectivity index (χ3v) is 5.08. The van der Waals surface area contributed by atoms with Crippen molar-refractivity contribution in [2.75, 3.05) is 19.9 Å². The second kappa shape index (κ2) is 7.70. The highest BCUT2D eigenvalue weighted by Gasteiger charge is 2.20.